The SMILES string of the molecule is CNC(=O)Nc1ccc(CC(N)=S)cc1. The third-order valence-corrected chi connectivity index (χ3v) is 1.96. The second-order valence-corrected chi connectivity index (χ2v) is 3.57. The Morgan fingerprint density at radius 3 is 2.47 bits per heavy atom. The van der Waals surface area contributed by atoms with Gasteiger partial charge in [0.15, 0.2) is 0 Å². The van der Waals surface area contributed by atoms with Crippen molar-refractivity contribution < 1.29 is 4.79 Å². The van der Waals surface area contributed by atoms with Crippen LogP contribution >= 0.6 is 12.2 Å². The summed E-state index contributed by atoms with van der Waals surface area (Å²) in [5, 5.41) is 5.13. The first-order chi connectivity index (χ1) is 7.11. The van der Waals surface area contributed by atoms with Gasteiger partial charge in [-0.25, -0.2) is 4.79 Å². The molecule has 0 radical (unpaired) electrons. The average Bonchev–Trinajstić information content (AvgIpc) is 2.20. The highest BCUT2D eigenvalue weighted by Crippen LogP contribution is 2.09. The summed E-state index contributed by atoms with van der Waals surface area (Å²) in [7, 11) is 1.57. The zero-order chi connectivity index (χ0) is 11.3. The maximum Gasteiger partial charge on any atom is 0.318 e. The summed E-state index contributed by atoms with van der Waals surface area (Å²) in [4.78, 5) is 11.4. The molecule has 4 N–H and O–H groups in total. The lowest BCUT2D eigenvalue weighted by molar-refractivity contribution is 0.254. The van der Waals surface area contributed by atoms with Gasteiger partial charge in [0.25, 0.3) is 0 Å². The Kier molecular flexibility index (Phi) is 4.05. The highest BCUT2D eigenvalue weighted by atomic mass is 32.1. The lowest BCUT2D eigenvalue weighted by Gasteiger charge is -2.05. The minimum Gasteiger partial charge on any atom is -0.393 e. The Bertz CT molecular complexity index is 361. The molecule has 80 valence electrons. The zero-order valence-electron chi connectivity index (χ0n) is 8.41. The number of anilines is 1. The van der Waals surface area contributed by atoms with Gasteiger partial charge in [0.1, 0.15) is 0 Å². The van der Waals surface area contributed by atoms with Crippen molar-refractivity contribution >= 4 is 28.9 Å². The molecule has 1 aromatic carbocycles. The monoisotopic (exact) mass is 223 g/mol. The summed E-state index contributed by atoms with van der Waals surface area (Å²) in [6.07, 6.45) is 0.579. The van der Waals surface area contributed by atoms with Crippen LogP contribution in [0.3, 0.4) is 0 Å². The van der Waals surface area contributed by atoms with Gasteiger partial charge in [0.2, 0.25) is 0 Å². The van der Waals surface area contributed by atoms with Gasteiger partial charge in [-0.1, -0.05) is 24.4 Å². The summed E-state index contributed by atoms with van der Waals surface area (Å²) < 4.78 is 0. The number of hydrogen-bond acceptors (Lipinski definition) is 2. The van der Waals surface area contributed by atoms with Gasteiger partial charge in [0, 0.05) is 19.2 Å². The Morgan fingerprint density at radius 1 is 1.40 bits per heavy atom. The fourth-order valence-corrected chi connectivity index (χ4v) is 1.27. The lowest BCUT2D eigenvalue weighted by Crippen LogP contribution is -2.24. The number of nitrogens with two attached hydrogens (primary N) is 1. The Labute approximate surface area is 93.9 Å². The standard InChI is InChI=1S/C10H13N3OS/c1-12-10(14)13-8-4-2-7(3-5-8)6-9(11)15/h2-5H,6H2,1H3,(H2,11,15)(H2,12,13,14). The summed E-state index contributed by atoms with van der Waals surface area (Å²) in [6, 6.07) is 7.14. The van der Waals surface area contributed by atoms with Crippen LogP contribution in [0.4, 0.5) is 10.5 Å². The molecule has 15 heavy (non-hydrogen) atoms. The molecule has 0 bridgehead atoms. The van der Waals surface area contributed by atoms with Crippen molar-refractivity contribution in [2.24, 2.45) is 5.73 Å². The van der Waals surface area contributed by atoms with E-state index < -0.39 is 0 Å². The van der Waals surface area contributed by atoms with E-state index in [1.165, 1.54) is 0 Å². The molecule has 1 rings (SSSR count). The van der Waals surface area contributed by atoms with Crippen molar-refractivity contribution in [3.63, 3.8) is 0 Å². The second kappa shape index (κ2) is 5.31. The van der Waals surface area contributed by atoms with Crippen molar-refractivity contribution in [3.8, 4) is 0 Å². The molecule has 0 saturated heterocycles. The van der Waals surface area contributed by atoms with Crippen LogP contribution in [0.1, 0.15) is 5.56 Å². The Balaban J connectivity index is 2.64. The van der Waals surface area contributed by atoms with Gasteiger partial charge in [-0.2, -0.15) is 0 Å². The molecular formula is C10H13N3OS. The second-order valence-electron chi connectivity index (χ2n) is 3.04. The van der Waals surface area contributed by atoms with E-state index >= 15 is 0 Å². The largest absolute Gasteiger partial charge is 0.393 e. The first-order valence-electron chi connectivity index (χ1n) is 4.48. The molecule has 0 atom stereocenters. The maximum atomic E-state index is 11.0. The van der Waals surface area contributed by atoms with E-state index in [2.05, 4.69) is 10.6 Å². The quantitative estimate of drug-likeness (QED) is 0.676. The molecule has 0 heterocycles. The zero-order valence-corrected chi connectivity index (χ0v) is 9.23. The Morgan fingerprint density at radius 2 is 2.00 bits per heavy atom. The fourth-order valence-electron chi connectivity index (χ4n) is 1.10. The molecule has 0 unspecified atom stereocenters. The molecule has 0 aliphatic rings. The number of carbonyl (C=O) groups excluding carboxylic acids is 1. The number of benzene rings is 1. The topological polar surface area (TPSA) is 67.2 Å². The van der Waals surface area contributed by atoms with Crippen molar-refractivity contribution in [2.45, 2.75) is 6.42 Å². The molecular weight excluding hydrogens is 210 g/mol. The van der Waals surface area contributed by atoms with E-state index in [-0.39, 0.29) is 6.03 Å². The van der Waals surface area contributed by atoms with E-state index in [1.807, 2.05) is 24.3 Å². The summed E-state index contributed by atoms with van der Waals surface area (Å²) in [5.74, 6) is 0. The number of carbonyl (C=O) groups is 1. The number of thiocarbonyl (C=S) groups is 1. The van der Waals surface area contributed by atoms with Gasteiger partial charge in [-0.3, -0.25) is 0 Å². The van der Waals surface area contributed by atoms with E-state index in [9.17, 15) is 4.79 Å². The highest BCUT2D eigenvalue weighted by molar-refractivity contribution is 7.80. The van der Waals surface area contributed by atoms with Crippen LogP contribution in [0.25, 0.3) is 0 Å². The predicted molar refractivity (Wildman–Crippen MR) is 65.0 cm³/mol. The van der Waals surface area contributed by atoms with Gasteiger partial charge in [0.05, 0.1) is 4.99 Å². The minimum absolute atomic E-state index is 0.239. The van der Waals surface area contributed by atoms with Gasteiger partial charge in [-0.05, 0) is 17.7 Å². The molecule has 0 spiro atoms. The van der Waals surface area contributed by atoms with Gasteiger partial charge >= 0.3 is 6.03 Å². The number of rotatable bonds is 3. The average molecular weight is 223 g/mol. The lowest BCUT2D eigenvalue weighted by atomic mass is 10.1. The van der Waals surface area contributed by atoms with Crippen molar-refractivity contribution in [3.05, 3.63) is 29.8 Å². The van der Waals surface area contributed by atoms with Crippen LogP contribution < -0.4 is 16.4 Å². The number of hydrogen-bond donors (Lipinski definition) is 3. The van der Waals surface area contributed by atoms with Crippen LogP contribution in [0.2, 0.25) is 0 Å². The third-order valence-electron chi connectivity index (χ3n) is 1.82. The molecule has 5 heteroatoms. The summed E-state index contributed by atoms with van der Waals surface area (Å²) in [5.41, 5.74) is 7.19. The van der Waals surface area contributed by atoms with Crippen molar-refractivity contribution in [1.82, 2.24) is 5.32 Å². The van der Waals surface area contributed by atoms with E-state index in [1.54, 1.807) is 7.05 Å². The van der Waals surface area contributed by atoms with Crippen LogP contribution in [0.5, 0.6) is 0 Å². The summed E-state index contributed by atoms with van der Waals surface area (Å²) >= 11 is 4.80. The first-order valence-corrected chi connectivity index (χ1v) is 4.88. The Hall–Kier alpha value is -1.62. The fraction of sp³-hybridized carbons (Fsp3) is 0.200. The highest BCUT2D eigenvalue weighted by Gasteiger charge is 1.99. The van der Waals surface area contributed by atoms with E-state index in [0.717, 1.165) is 11.3 Å². The summed E-state index contributed by atoms with van der Waals surface area (Å²) in [6.45, 7) is 0. The van der Waals surface area contributed by atoms with E-state index in [0.29, 0.717) is 11.4 Å². The first kappa shape index (κ1) is 11.5. The van der Waals surface area contributed by atoms with Crippen LogP contribution in [-0.2, 0) is 6.42 Å². The maximum absolute atomic E-state index is 11.0. The molecule has 0 aliphatic heterocycles. The van der Waals surface area contributed by atoms with Crippen molar-refractivity contribution in [1.29, 1.82) is 0 Å². The number of amides is 2. The van der Waals surface area contributed by atoms with Gasteiger partial charge in [-0.15, -0.1) is 0 Å². The molecule has 0 aliphatic carbocycles. The van der Waals surface area contributed by atoms with E-state index in [4.69, 9.17) is 18.0 Å². The molecule has 4 nitrogen and oxygen atoms in total. The van der Waals surface area contributed by atoms with Crippen LogP contribution in [0.15, 0.2) is 24.3 Å². The number of nitrogens with one attached hydrogen (secondary N) is 2. The molecule has 0 saturated carbocycles. The predicted octanol–water partition coefficient (Wildman–Crippen LogP) is 1.27. The molecule has 2 amide bonds. The minimum atomic E-state index is -0.239. The van der Waals surface area contributed by atoms with Crippen LogP contribution in [-0.4, -0.2) is 18.1 Å². The molecule has 0 aromatic heterocycles. The third kappa shape index (κ3) is 3.95. The molecule has 0 fully saturated rings. The van der Waals surface area contributed by atoms with Crippen molar-refractivity contribution in [2.75, 3.05) is 12.4 Å². The molecule has 1 aromatic rings. The smallest absolute Gasteiger partial charge is 0.318 e. The normalized spacial score (nSPS) is 9.40. The number of urea groups is 1. The van der Waals surface area contributed by atoms with Crippen LogP contribution in [0, 0.1) is 0 Å². The van der Waals surface area contributed by atoms with Gasteiger partial charge < -0.3 is 16.4 Å².